The summed E-state index contributed by atoms with van der Waals surface area (Å²) in [4.78, 5) is 0. The lowest BCUT2D eigenvalue weighted by atomic mass is 10.5. The molecule has 1 N–H and O–H groups in total. The molecule has 0 atom stereocenters. The molecule has 0 aliphatic carbocycles. The minimum atomic E-state index is -4.67. The summed E-state index contributed by atoms with van der Waals surface area (Å²) in [6, 6.07) is 0. The van der Waals surface area contributed by atoms with Gasteiger partial charge >= 0.3 is 10.4 Å². The van der Waals surface area contributed by atoms with Crippen molar-refractivity contribution in [3.63, 3.8) is 0 Å². The average molecular weight is 289 g/mol. The molecule has 0 heterocycles. The standard InChI is InChI=1S/C3H6Cl2O7S2/c4-3(5,1-11-13(6)7)2-12-14(8,9)10/h13H,1-2H2,(H,8,9,10). The third kappa shape index (κ3) is 8.94. The molecule has 0 bridgehead atoms. The van der Waals surface area contributed by atoms with Crippen LogP contribution in [-0.4, -0.2) is 38.9 Å². The van der Waals surface area contributed by atoms with Gasteiger partial charge in [0, 0.05) is 0 Å². The summed E-state index contributed by atoms with van der Waals surface area (Å²) in [5, 5.41) is 0. The molecule has 0 radical (unpaired) electrons. The second kappa shape index (κ2) is 5.45. The Kier molecular flexibility index (Phi) is 5.59. The number of halogens is 2. The van der Waals surface area contributed by atoms with Crippen molar-refractivity contribution < 1.29 is 29.8 Å². The normalized spacial score (nSPS) is 13.4. The van der Waals surface area contributed by atoms with Crippen LogP contribution in [0.2, 0.25) is 0 Å². The number of hydrogen-bond acceptors (Lipinski definition) is 6. The summed E-state index contributed by atoms with van der Waals surface area (Å²) in [5.74, 6) is 0. The van der Waals surface area contributed by atoms with E-state index >= 15 is 0 Å². The summed E-state index contributed by atoms with van der Waals surface area (Å²) in [7, 11) is -7.81. The van der Waals surface area contributed by atoms with Crippen LogP contribution in [0.1, 0.15) is 0 Å². The van der Waals surface area contributed by atoms with Crippen LogP contribution in [0.5, 0.6) is 0 Å². The van der Waals surface area contributed by atoms with Crippen molar-refractivity contribution in [3.8, 4) is 0 Å². The van der Waals surface area contributed by atoms with Crippen molar-refractivity contribution in [1.29, 1.82) is 0 Å². The third-order valence-corrected chi connectivity index (χ3v) is 1.99. The van der Waals surface area contributed by atoms with Gasteiger partial charge in [0.25, 0.3) is 11.0 Å². The van der Waals surface area contributed by atoms with E-state index in [9.17, 15) is 16.8 Å². The first-order chi connectivity index (χ1) is 6.12. The molecule has 0 unspecified atom stereocenters. The second-order valence-corrected chi connectivity index (χ2v) is 5.48. The molecule has 0 rings (SSSR count). The molecule has 14 heavy (non-hydrogen) atoms. The predicted molar refractivity (Wildman–Crippen MR) is 48.2 cm³/mol. The molecular weight excluding hydrogens is 283 g/mol. The molecule has 0 aliphatic heterocycles. The van der Waals surface area contributed by atoms with Gasteiger partial charge in [0.15, 0.2) is 4.33 Å². The lowest BCUT2D eigenvalue weighted by molar-refractivity contribution is 0.225. The van der Waals surface area contributed by atoms with E-state index in [2.05, 4.69) is 8.37 Å². The summed E-state index contributed by atoms with van der Waals surface area (Å²) in [6.07, 6.45) is 0. The minimum absolute atomic E-state index is 0.690. The summed E-state index contributed by atoms with van der Waals surface area (Å²) in [5.41, 5.74) is 0. The van der Waals surface area contributed by atoms with E-state index in [4.69, 9.17) is 27.8 Å². The maximum atomic E-state index is 10.1. The molecule has 7 nitrogen and oxygen atoms in total. The fraction of sp³-hybridized carbons (Fsp3) is 1.00. The van der Waals surface area contributed by atoms with Crippen LogP contribution in [-0.2, 0) is 29.8 Å². The predicted octanol–water partition coefficient (Wildman–Crippen LogP) is -0.477. The van der Waals surface area contributed by atoms with E-state index in [0.29, 0.717) is 0 Å². The number of hydrogen-bond donors (Lipinski definition) is 2. The SMILES string of the molecule is O=[SH](=O)OCC(Cl)(Cl)COS(=O)(=O)O. The van der Waals surface area contributed by atoms with Crippen LogP contribution in [0, 0.1) is 0 Å². The molecule has 0 aromatic carbocycles. The molecule has 0 aromatic heterocycles. The molecule has 0 aliphatic rings. The zero-order chi connectivity index (χ0) is 11.4. The van der Waals surface area contributed by atoms with Gasteiger partial charge in [-0.15, -0.1) is 0 Å². The fourth-order valence-corrected chi connectivity index (χ4v) is 1.53. The van der Waals surface area contributed by atoms with Crippen LogP contribution in [0.15, 0.2) is 0 Å². The molecular formula is C3H6Cl2O7S2. The molecule has 0 spiro atoms. The quantitative estimate of drug-likeness (QED) is 0.386. The Bertz CT molecular complexity index is 336. The first-order valence-corrected chi connectivity index (χ1v) is 6.11. The van der Waals surface area contributed by atoms with Crippen LogP contribution in [0.25, 0.3) is 0 Å². The Morgan fingerprint density at radius 1 is 1.29 bits per heavy atom. The summed E-state index contributed by atoms with van der Waals surface area (Å²) in [6.45, 7) is -1.53. The lowest BCUT2D eigenvalue weighted by Crippen LogP contribution is -2.28. The van der Waals surface area contributed by atoms with Gasteiger partial charge in [-0.2, -0.15) is 8.42 Å². The zero-order valence-corrected chi connectivity index (χ0v) is 9.65. The van der Waals surface area contributed by atoms with Gasteiger partial charge in [-0.1, -0.05) is 23.2 Å². The number of thiol groups is 1. The van der Waals surface area contributed by atoms with Gasteiger partial charge in [0.05, 0.1) is 0 Å². The highest BCUT2D eigenvalue weighted by Crippen LogP contribution is 2.22. The highest BCUT2D eigenvalue weighted by molar-refractivity contribution is 7.80. The van der Waals surface area contributed by atoms with Crippen LogP contribution in [0.3, 0.4) is 0 Å². The average Bonchev–Trinajstić information content (AvgIpc) is 1.97. The van der Waals surface area contributed by atoms with Crippen molar-refractivity contribution >= 4 is 44.6 Å². The molecule has 86 valence electrons. The van der Waals surface area contributed by atoms with Crippen molar-refractivity contribution in [2.24, 2.45) is 0 Å². The van der Waals surface area contributed by atoms with Crippen LogP contribution in [0.4, 0.5) is 0 Å². The van der Waals surface area contributed by atoms with Gasteiger partial charge in [-0.3, -0.25) is 8.74 Å². The largest absolute Gasteiger partial charge is 0.397 e. The Morgan fingerprint density at radius 2 is 1.79 bits per heavy atom. The van der Waals surface area contributed by atoms with Crippen molar-refractivity contribution in [2.75, 3.05) is 13.2 Å². The Morgan fingerprint density at radius 3 is 2.14 bits per heavy atom. The molecule has 0 fully saturated rings. The van der Waals surface area contributed by atoms with E-state index in [1.54, 1.807) is 0 Å². The maximum Gasteiger partial charge on any atom is 0.397 e. The van der Waals surface area contributed by atoms with E-state index in [1.807, 2.05) is 0 Å². The fourth-order valence-electron chi connectivity index (χ4n) is 0.349. The van der Waals surface area contributed by atoms with E-state index in [0.717, 1.165) is 0 Å². The monoisotopic (exact) mass is 288 g/mol. The zero-order valence-electron chi connectivity index (χ0n) is 6.42. The van der Waals surface area contributed by atoms with Gasteiger partial charge in [0.2, 0.25) is 0 Å². The third-order valence-electron chi connectivity index (χ3n) is 0.800. The van der Waals surface area contributed by atoms with Crippen molar-refractivity contribution in [3.05, 3.63) is 0 Å². The molecule has 0 aromatic rings. The van der Waals surface area contributed by atoms with Gasteiger partial charge < -0.3 is 0 Å². The Balaban J connectivity index is 4.08. The van der Waals surface area contributed by atoms with E-state index < -0.39 is 38.9 Å². The number of alkyl halides is 2. The van der Waals surface area contributed by atoms with Gasteiger partial charge in [-0.05, 0) is 0 Å². The molecule has 11 heteroatoms. The second-order valence-electron chi connectivity index (χ2n) is 2.04. The first kappa shape index (κ1) is 14.4. The van der Waals surface area contributed by atoms with Crippen molar-refractivity contribution in [2.45, 2.75) is 4.33 Å². The molecule has 0 saturated carbocycles. The van der Waals surface area contributed by atoms with Crippen LogP contribution < -0.4 is 0 Å². The van der Waals surface area contributed by atoms with Crippen molar-refractivity contribution in [1.82, 2.24) is 0 Å². The van der Waals surface area contributed by atoms with Gasteiger partial charge in [0.1, 0.15) is 13.2 Å². The smallest absolute Gasteiger partial charge is 0.269 e. The maximum absolute atomic E-state index is 10.1. The van der Waals surface area contributed by atoms with E-state index in [-0.39, 0.29) is 0 Å². The first-order valence-electron chi connectivity index (χ1n) is 2.89. The lowest BCUT2D eigenvalue weighted by Gasteiger charge is -2.15. The van der Waals surface area contributed by atoms with E-state index in [1.165, 1.54) is 0 Å². The Labute approximate surface area is 92.0 Å². The number of rotatable bonds is 6. The highest BCUT2D eigenvalue weighted by Gasteiger charge is 2.28. The molecule has 0 amide bonds. The van der Waals surface area contributed by atoms with Gasteiger partial charge in [-0.25, -0.2) is 12.6 Å². The highest BCUT2D eigenvalue weighted by atomic mass is 35.5. The summed E-state index contributed by atoms with van der Waals surface area (Å²) >= 11 is 10.7. The summed E-state index contributed by atoms with van der Waals surface area (Å²) < 4.78 is 54.1. The van der Waals surface area contributed by atoms with Crippen LogP contribution >= 0.6 is 23.2 Å². The topological polar surface area (TPSA) is 107 Å². The molecule has 0 saturated heterocycles. The Hall–Kier alpha value is 0.360. The minimum Gasteiger partial charge on any atom is -0.269 e.